The lowest BCUT2D eigenvalue weighted by Crippen LogP contribution is -2.06. The summed E-state index contributed by atoms with van der Waals surface area (Å²) in [7, 11) is 0. The van der Waals surface area contributed by atoms with Gasteiger partial charge in [0.25, 0.3) is 0 Å². The maximum atomic E-state index is 12.5. The van der Waals surface area contributed by atoms with E-state index in [0.29, 0.717) is 32.6 Å². The average Bonchev–Trinajstić information content (AvgIpc) is 3.04. The number of aromatic nitrogens is 3. The lowest BCUT2D eigenvalue weighted by atomic mass is 10.2. The van der Waals surface area contributed by atoms with Crippen molar-refractivity contribution in [3.05, 3.63) is 79.1 Å². The molecule has 0 amide bonds. The van der Waals surface area contributed by atoms with E-state index in [2.05, 4.69) is 46.7 Å². The molecule has 0 aliphatic rings. The Morgan fingerprint density at radius 2 is 2.07 bits per heavy atom. The Morgan fingerprint density at radius 1 is 1.26 bits per heavy atom. The summed E-state index contributed by atoms with van der Waals surface area (Å²) in [5, 5.41) is 0.405. The van der Waals surface area contributed by atoms with Gasteiger partial charge in [0.15, 0.2) is 0 Å². The summed E-state index contributed by atoms with van der Waals surface area (Å²) < 4.78 is 8.63. The highest BCUT2D eigenvalue weighted by atomic mass is 79.9. The summed E-state index contributed by atoms with van der Waals surface area (Å²) in [6.45, 7) is 9.27. The smallest absolute Gasteiger partial charge is 0.347 e. The van der Waals surface area contributed by atoms with E-state index in [1.165, 1.54) is 0 Å². The van der Waals surface area contributed by atoms with E-state index < -0.39 is 5.63 Å². The first-order valence-corrected chi connectivity index (χ1v) is 9.38. The van der Waals surface area contributed by atoms with E-state index in [0.717, 1.165) is 10.0 Å². The number of halogens is 2. The fraction of sp³-hybridized carbons (Fsp3) is 0.0526. The molecular formula is C19H10Br2N4O2. The van der Waals surface area contributed by atoms with Crippen molar-refractivity contribution in [3.63, 3.8) is 0 Å². The van der Waals surface area contributed by atoms with Gasteiger partial charge in [-0.1, -0.05) is 12.1 Å². The number of hydrogen-bond donors (Lipinski definition) is 0. The van der Waals surface area contributed by atoms with Crippen LogP contribution in [-0.2, 0) is 0 Å². The van der Waals surface area contributed by atoms with Crippen LogP contribution in [0.4, 0.5) is 5.69 Å². The molecule has 0 bridgehead atoms. The Bertz CT molecular complexity index is 1300. The van der Waals surface area contributed by atoms with E-state index in [1.54, 1.807) is 41.2 Å². The van der Waals surface area contributed by atoms with Crippen molar-refractivity contribution in [1.82, 2.24) is 14.5 Å². The lowest BCUT2D eigenvalue weighted by Gasteiger charge is -2.09. The predicted molar refractivity (Wildman–Crippen MR) is 109 cm³/mol. The van der Waals surface area contributed by atoms with Crippen molar-refractivity contribution >= 4 is 48.5 Å². The van der Waals surface area contributed by atoms with Gasteiger partial charge < -0.3 is 8.98 Å². The third-order valence-electron chi connectivity index (χ3n) is 3.95. The van der Waals surface area contributed by atoms with E-state index in [9.17, 15) is 4.79 Å². The highest BCUT2D eigenvalue weighted by molar-refractivity contribution is 9.11. The third-order valence-corrected chi connectivity index (χ3v) is 4.99. The summed E-state index contributed by atoms with van der Waals surface area (Å²) in [6.07, 6.45) is 3.35. The first-order valence-electron chi connectivity index (χ1n) is 7.80. The van der Waals surface area contributed by atoms with Crippen LogP contribution in [0.3, 0.4) is 0 Å². The van der Waals surface area contributed by atoms with Gasteiger partial charge in [0.1, 0.15) is 11.5 Å². The van der Waals surface area contributed by atoms with Crippen molar-refractivity contribution in [1.29, 1.82) is 0 Å². The molecule has 3 heterocycles. The Hall–Kier alpha value is -2.76. The molecule has 0 saturated heterocycles. The second-order valence-corrected chi connectivity index (χ2v) is 7.59. The number of hydrogen-bond acceptors (Lipinski definition) is 4. The van der Waals surface area contributed by atoms with Gasteiger partial charge in [0, 0.05) is 21.3 Å². The average molecular weight is 486 g/mol. The minimum atomic E-state index is -0.477. The van der Waals surface area contributed by atoms with Gasteiger partial charge in [-0.15, -0.1) is 0 Å². The second-order valence-electron chi connectivity index (χ2n) is 5.82. The monoisotopic (exact) mass is 484 g/mol. The van der Waals surface area contributed by atoms with Crippen LogP contribution < -0.4 is 5.63 Å². The molecule has 4 rings (SSSR count). The normalized spacial score (nSPS) is 10.9. The van der Waals surface area contributed by atoms with Gasteiger partial charge in [-0.3, -0.25) is 4.98 Å². The number of aryl methyl sites for hydroxylation is 1. The SMILES string of the molecule is [C-]#[N+]c1cccnc1-n1cc(Br)cc1-c1nc2c(Br)cc(C)cc2c(=O)o1. The molecule has 6 nitrogen and oxygen atoms in total. The Kier molecular flexibility index (Phi) is 4.42. The van der Waals surface area contributed by atoms with Gasteiger partial charge in [0.05, 0.1) is 17.5 Å². The second kappa shape index (κ2) is 6.76. The summed E-state index contributed by atoms with van der Waals surface area (Å²) in [5.74, 6) is 0.574. The molecule has 0 aliphatic heterocycles. The maximum absolute atomic E-state index is 12.5. The number of nitrogens with zero attached hydrogens (tertiary/aromatic N) is 4. The van der Waals surface area contributed by atoms with Gasteiger partial charge >= 0.3 is 5.63 Å². The number of fused-ring (bicyclic) bond motifs is 1. The molecular weight excluding hydrogens is 476 g/mol. The van der Waals surface area contributed by atoms with E-state index in [-0.39, 0.29) is 5.89 Å². The summed E-state index contributed by atoms with van der Waals surface area (Å²) in [4.78, 5) is 24.9. The van der Waals surface area contributed by atoms with E-state index >= 15 is 0 Å². The van der Waals surface area contributed by atoms with Crippen LogP contribution in [0.1, 0.15) is 5.56 Å². The zero-order valence-electron chi connectivity index (χ0n) is 13.9. The molecule has 0 radical (unpaired) electrons. The van der Waals surface area contributed by atoms with Crippen molar-refractivity contribution < 1.29 is 4.42 Å². The first-order chi connectivity index (χ1) is 13.0. The fourth-order valence-electron chi connectivity index (χ4n) is 2.81. The molecule has 0 aliphatic carbocycles. The highest BCUT2D eigenvalue weighted by Crippen LogP contribution is 2.32. The topological polar surface area (TPSA) is 65.3 Å². The molecule has 0 spiro atoms. The van der Waals surface area contributed by atoms with E-state index in [4.69, 9.17) is 11.0 Å². The highest BCUT2D eigenvalue weighted by Gasteiger charge is 2.18. The molecule has 0 unspecified atom stereocenters. The summed E-state index contributed by atoms with van der Waals surface area (Å²) in [6, 6.07) is 8.78. The minimum absolute atomic E-state index is 0.143. The van der Waals surface area contributed by atoms with Crippen LogP contribution in [0.5, 0.6) is 0 Å². The molecule has 0 atom stereocenters. The van der Waals surface area contributed by atoms with Crippen LogP contribution in [-0.4, -0.2) is 14.5 Å². The number of pyridine rings is 1. The van der Waals surface area contributed by atoms with Crippen molar-refractivity contribution in [2.75, 3.05) is 0 Å². The molecule has 0 saturated carbocycles. The van der Waals surface area contributed by atoms with Gasteiger partial charge in [0.2, 0.25) is 11.6 Å². The molecule has 132 valence electrons. The van der Waals surface area contributed by atoms with Gasteiger partial charge in [-0.2, -0.15) is 0 Å². The van der Waals surface area contributed by atoms with Gasteiger partial charge in [-0.05, 0) is 62.5 Å². The van der Waals surface area contributed by atoms with Crippen molar-refractivity contribution in [2.45, 2.75) is 6.92 Å². The Balaban J connectivity index is 2.01. The van der Waals surface area contributed by atoms with Crippen molar-refractivity contribution in [2.24, 2.45) is 0 Å². The van der Waals surface area contributed by atoms with Gasteiger partial charge in [-0.25, -0.2) is 14.6 Å². The predicted octanol–water partition coefficient (Wildman–Crippen LogP) is 5.42. The van der Waals surface area contributed by atoms with Crippen LogP contribution in [0.25, 0.3) is 33.2 Å². The quantitative estimate of drug-likeness (QED) is 0.355. The van der Waals surface area contributed by atoms with Crippen LogP contribution in [0.2, 0.25) is 0 Å². The lowest BCUT2D eigenvalue weighted by molar-refractivity contribution is 0.514. The van der Waals surface area contributed by atoms with Crippen molar-refractivity contribution in [3.8, 4) is 17.4 Å². The van der Waals surface area contributed by atoms with Crippen LogP contribution in [0, 0.1) is 13.5 Å². The molecule has 1 aromatic carbocycles. The summed E-state index contributed by atoms with van der Waals surface area (Å²) >= 11 is 6.90. The molecule has 8 heteroatoms. The molecule has 3 aromatic heterocycles. The molecule has 0 fully saturated rings. The zero-order chi connectivity index (χ0) is 19.1. The largest absolute Gasteiger partial charge is 0.401 e. The Labute approximate surface area is 170 Å². The zero-order valence-corrected chi connectivity index (χ0v) is 17.1. The van der Waals surface area contributed by atoms with Crippen LogP contribution in [0.15, 0.2) is 60.9 Å². The number of benzene rings is 1. The Morgan fingerprint density at radius 3 is 2.85 bits per heavy atom. The molecule has 27 heavy (non-hydrogen) atoms. The first kappa shape index (κ1) is 17.6. The molecule has 0 N–H and O–H groups in total. The minimum Gasteiger partial charge on any atom is -0.401 e. The standard InChI is InChI=1S/C19H10Br2N4O2/c1-10-6-12-16(13(21)7-10)24-18(27-19(12)26)15-8-11(20)9-25(15)17-14(22-2)4-3-5-23-17/h3-9H,1H3. The number of rotatable bonds is 2. The molecule has 4 aromatic rings. The van der Waals surface area contributed by atoms with E-state index in [1.807, 2.05) is 13.0 Å². The summed E-state index contributed by atoms with van der Waals surface area (Å²) in [5.41, 5.74) is 1.85. The maximum Gasteiger partial charge on any atom is 0.347 e. The van der Waals surface area contributed by atoms with Crippen LogP contribution >= 0.6 is 31.9 Å². The fourth-order valence-corrected chi connectivity index (χ4v) is 3.90. The third kappa shape index (κ3) is 3.09.